The lowest BCUT2D eigenvalue weighted by Crippen LogP contribution is -2.49. The molecule has 4 rings (SSSR count). The van der Waals surface area contributed by atoms with Crippen molar-refractivity contribution in [3.05, 3.63) is 23.3 Å². The Morgan fingerprint density at radius 3 is 2.57 bits per heavy atom. The number of allylic oxidation sites excluding steroid dienone is 4. The van der Waals surface area contributed by atoms with Gasteiger partial charge in [-0.3, -0.25) is 0 Å². The summed E-state index contributed by atoms with van der Waals surface area (Å²) in [4.78, 5) is 0. The number of aliphatic hydroxyl groups excluding tert-OH is 1. The SMILES string of the molecule is CC(C)=CCC[C@@H](C)[C@H]1CC[C@H]2C3=CC[C@H]4C[C@@H](O)CC[C@]4(C)C3CC[C@]12C. The van der Waals surface area contributed by atoms with Crippen LogP contribution in [0.1, 0.15) is 98.8 Å². The molecule has 3 saturated carbocycles. The van der Waals surface area contributed by atoms with E-state index in [1.807, 2.05) is 5.57 Å². The van der Waals surface area contributed by atoms with E-state index in [1.165, 1.54) is 56.9 Å². The van der Waals surface area contributed by atoms with E-state index in [0.29, 0.717) is 10.8 Å². The van der Waals surface area contributed by atoms with Crippen LogP contribution in [0.5, 0.6) is 0 Å². The third-order valence-corrected chi connectivity index (χ3v) is 9.99. The van der Waals surface area contributed by atoms with Crippen LogP contribution in [0.25, 0.3) is 0 Å². The monoisotopic (exact) mass is 384 g/mol. The minimum Gasteiger partial charge on any atom is -0.393 e. The molecule has 0 aromatic carbocycles. The topological polar surface area (TPSA) is 20.2 Å². The summed E-state index contributed by atoms with van der Waals surface area (Å²) >= 11 is 0. The second-order valence-corrected chi connectivity index (χ2v) is 11.7. The van der Waals surface area contributed by atoms with Gasteiger partial charge in [0.15, 0.2) is 0 Å². The van der Waals surface area contributed by atoms with Crippen molar-refractivity contribution in [2.45, 2.75) is 105 Å². The van der Waals surface area contributed by atoms with Crippen LogP contribution in [-0.4, -0.2) is 11.2 Å². The van der Waals surface area contributed by atoms with Crippen molar-refractivity contribution in [3.8, 4) is 0 Å². The van der Waals surface area contributed by atoms with Gasteiger partial charge in [-0.05, 0) is 118 Å². The molecule has 0 amide bonds. The van der Waals surface area contributed by atoms with E-state index in [9.17, 15) is 5.11 Å². The van der Waals surface area contributed by atoms with Crippen LogP contribution in [0.4, 0.5) is 0 Å². The van der Waals surface area contributed by atoms with Crippen molar-refractivity contribution >= 4 is 0 Å². The highest BCUT2D eigenvalue weighted by molar-refractivity contribution is 5.27. The Hall–Kier alpha value is -0.560. The molecule has 0 aromatic heterocycles. The molecule has 1 N–H and O–H groups in total. The number of aliphatic hydroxyl groups is 1. The molecule has 1 nitrogen and oxygen atoms in total. The average Bonchev–Trinajstić information content (AvgIpc) is 2.99. The van der Waals surface area contributed by atoms with Gasteiger partial charge in [-0.1, -0.05) is 44.1 Å². The van der Waals surface area contributed by atoms with E-state index >= 15 is 0 Å². The molecule has 1 heteroatoms. The molecule has 0 radical (unpaired) electrons. The molecule has 0 aliphatic heterocycles. The van der Waals surface area contributed by atoms with Crippen LogP contribution in [-0.2, 0) is 0 Å². The molecule has 0 bridgehead atoms. The maximum atomic E-state index is 10.2. The van der Waals surface area contributed by atoms with Crippen LogP contribution in [0.2, 0.25) is 0 Å². The van der Waals surface area contributed by atoms with E-state index in [2.05, 4.69) is 46.8 Å². The highest BCUT2D eigenvalue weighted by Crippen LogP contribution is 2.66. The first kappa shape index (κ1) is 20.7. The van der Waals surface area contributed by atoms with Crippen molar-refractivity contribution in [2.24, 2.45) is 40.4 Å². The first-order valence-electron chi connectivity index (χ1n) is 12.3. The fraction of sp³-hybridized carbons (Fsp3) is 0.852. The predicted octanol–water partition coefficient (Wildman–Crippen LogP) is 7.31. The molecule has 0 saturated heterocycles. The largest absolute Gasteiger partial charge is 0.393 e. The summed E-state index contributed by atoms with van der Waals surface area (Å²) in [5.41, 5.74) is 4.32. The Balaban J connectivity index is 1.52. The molecular weight excluding hydrogens is 340 g/mol. The normalized spacial score (nSPS) is 46.1. The van der Waals surface area contributed by atoms with Gasteiger partial charge >= 0.3 is 0 Å². The van der Waals surface area contributed by atoms with Gasteiger partial charge in [0.1, 0.15) is 0 Å². The van der Waals surface area contributed by atoms with Crippen molar-refractivity contribution in [2.75, 3.05) is 0 Å². The number of rotatable bonds is 4. The maximum Gasteiger partial charge on any atom is 0.0543 e. The van der Waals surface area contributed by atoms with Crippen LogP contribution >= 0.6 is 0 Å². The maximum absolute atomic E-state index is 10.2. The Bertz CT molecular complexity index is 641. The molecule has 8 atom stereocenters. The Kier molecular flexibility index (Phi) is 5.62. The smallest absolute Gasteiger partial charge is 0.0543 e. The lowest BCUT2D eigenvalue weighted by Gasteiger charge is -2.57. The molecule has 0 heterocycles. The van der Waals surface area contributed by atoms with Crippen LogP contribution in [0.3, 0.4) is 0 Å². The van der Waals surface area contributed by atoms with Crippen LogP contribution in [0, 0.1) is 40.4 Å². The zero-order valence-electron chi connectivity index (χ0n) is 19.1. The number of fused-ring (bicyclic) bond motifs is 5. The number of hydrogen-bond donors (Lipinski definition) is 1. The number of hydrogen-bond acceptors (Lipinski definition) is 1. The van der Waals surface area contributed by atoms with Gasteiger partial charge in [0.25, 0.3) is 0 Å². The zero-order chi connectivity index (χ0) is 20.1. The van der Waals surface area contributed by atoms with E-state index < -0.39 is 0 Å². The predicted molar refractivity (Wildman–Crippen MR) is 119 cm³/mol. The summed E-state index contributed by atoms with van der Waals surface area (Å²) in [6.07, 6.45) is 17.9. The van der Waals surface area contributed by atoms with Crippen LogP contribution in [0.15, 0.2) is 23.3 Å². The van der Waals surface area contributed by atoms with Crippen molar-refractivity contribution in [1.29, 1.82) is 0 Å². The fourth-order valence-corrected chi connectivity index (χ4v) is 8.30. The van der Waals surface area contributed by atoms with E-state index in [-0.39, 0.29) is 6.10 Å². The zero-order valence-corrected chi connectivity index (χ0v) is 19.1. The molecule has 28 heavy (non-hydrogen) atoms. The van der Waals surface area contributed by atoms with Gasteiger partial charge in [0.2, 0.25) is 0 Å². The third-order valence-electron chi connectivity index (χ3n) is 9.99. The van der Waals surface area contributed by atoms with Crippen molar-refractivity contribution in [3.63, 3.8) is 0 Å². The molecule has 158 valence electrons. The molecule has 0 spiro atoms. The summed E-state index contributed by atoms with van der Waals surface area (Å²) < 4.78 is 0. The highest BCUT2D eigenvalue weighted by atomic mass is 16.3. The van der Waals surface area contributed by atoms with Gasteiger partial charge in [0, 0.05) is 0 Å². The lowest BCUT2D eigenvalue weighted by molar-refractivity contribution is -0.0426. The Labute approximate surface area is 174 Å². The first-order valence-corrected chi connectivity index (χ1v) is 12.3. The van der Waals surface area contributed by atoms with Gasteiger partial charge in [-0.15, -0.1) is 0 Å². The summed E-state index contributed by atoms with van der Waals surface area (Å²) in [6.45, 7) is 12.2. The van der Waals surface area contributed by atoms with E-state index in [1.54, 1.807) is 0 Å². The van der Waals surface area contributed by atoms with Gasteiger partial charge < -0.3 is 5.11 Å². The summed E-state index contributed by atoms with van der Waals surface area (Å²) in [6, 6.07) is 0. The van der Waals surface area contributed by atoms with E-state index in [0.717, 1.165) is 42.4 Å². The summed E-state index contributed by atoms with van der Waals surface area (Å²) in [5.74, 6) is 4.11. The van der Waals surface area contributed by atoms with E-state index in [4.69, 9.17) is 0 Å². The first-order chi connectivity index (χ1) is 13.3. The molecule has 4 aliphatic rings. The third kappa shape index (κ3) is 3.34. The Morgan fingerprint density at radius 1 is 1.11 bits per heavy atom. The lowest BCUT2D eigenvalue weighted by atomic mass is 9.47. The van der Waals surface area contributed by atoms with Crippen molar-refractivity contribution < 1.29 is 5.11 Å². The molecule has 4 aliphatic carbocycles. The minimum atomic E-state index is -0.0422. The summed E-state index contributed by atoms with van der Waals surface area (Å²) in [5, 5.41) is 10.2. The average molecular weight is 385 g/mol. The fourth-order valence-electron chi connectivity index (χ4n) is 8.30. The standard InChI is InChI=1S/C27H44O/c1-18(2)7-6-8-19(3)23-11-12-24-22-10-9-20-17-21(28)13-15-26(20,4)25(22)14-16-27(23,24)5/h7,10,19-21,23-25,28H,6,8-9,11-17H2,1-5H3/t19-,20+,21+,23-,24+,25?,26+,27-/m1/s1. The summed E-state index contributed by atoms with van der Waals surface area (Å²) in [7, 11) is 0. The minimum absolute atomic E-state index is 0.0422. The Morgan fingerprint density at radius 2 is 1.82 bits per heavy atom. The van der Waals surface area contributed by atoms with Crippen LogP contribution < -0.4 is 0 Å². The van der Waals surface area contributed by atoms with Gasteiger partial charge in [-0.25, -0.2) is 0 Å². The molecule has 0 aromatic rings. The molecule has 1 unspecified atom stereocenters. The van der Waals surface area contributed by atoms with Gasteiger partial charge in [-0.2, -0.15) is 0 Å². The van der Waals surface area contributed by atoms with Crippen molar-refractivity contribution in [1.82, 2.24) is 0 Å². The second-order valence-electron chi connectivity index (χ2n) is 11.7. The second kappa shape index (κ2) is 7.60. The molecular formula is C27H44O. The quantitative estimate of drug-likeness (QED) is 0.504. The highest BCUT2D eigenvalue weighted by Gasteiger charge is 2.58. The van der Waals surface area contributed by atoms with Gasteiger partial charge in [0.05, 0.1) is 6.10 Å². The molecule has 3 fully saturated rings.